The minimum atomic E-state index is -0.477. The fourth-order valence-electron chi connectivity index (χ4n) is 3.88. The van der Waals surface area contributed by atoms with Crippen molar-refractivity contribution in [3.63, 3.8) is 0 Å². The van der Waals surface area contributed by atoms with Gasteiger partial charge in [-0.05, 0) is 50.6 Å². The molecular formula is C23H31N5O3. The Morgan fingerprint density at radius 3 is 2.77 bits per heavy atom. The first-order chi connectivity index (χ1) is 14.8. The van der Waals surface area contributed by atoms with E-state index in [0.717, 1.165) is 35.5 Å². The van der Waals surface area contributed by atoms with Crippen molar-refractivity contribution in [2.24, 2.45) is 0 Å². The van der Waals surface area contributed by atoms with Gasteiger partial charge in [-0.1, -0.05) is 12.1 Å². The molecule has 1 aliphatic heterocycles. The summed E-state index contributed by atoms with van der Waals surface area (Å²) in [5.41, 5.74) is 3.58. The van der Waals surface area contributed by atoms with Gasteiger partial charge < -0.3 is 20.3 Å². The molecule has 1 aromatic heterocycles. The number of carbonyl (C=O) groups is 2. The Morgan fingerprint density at radius 2 is 2.13 bits per heavy atom. The normalized spacial score (nSPS) is 17.9. The van der Waals surface area contributed by atoms with Crippen molar-refractivity contribution in [3.05, 3.63) is 48.8 Å². The Bertz CT molecular complexity index is 952. The van der Waals surface area contributed by atoms with Gasteiger partial charge in [0.25, 0.3) is 0 Å². The van der Waals surface area contributed by atoms with Crippen molar-refractivity contribution in [1.82, 2.24) is 20.4 Å². The number of aromatic nitrogens is 2. The highest BCUT2D eigenvalue weighted by atomic mass is 16.6. The molecule has 2 atom stereocenters. The molecule has 0 unspecified atom stereocenters. The van der Waals surface area contributed by atoms with Gasteiger partial charge in [0.05, 0.1) is 30.9 Å². The molecule has 1 aliphatic rings. The molecule has 2 amide bonds. The number of fused-ring (bicyclic) bond motifs is 1. The average Bonchev–Trinajstić information content (AvgIpc) is 3.19. The standard InChI is InChI=1S/C23H31N5O3/c1-6-19-12-21(26-23(30)31-15(2)3)20-11-17(7-8-22(20)28(19)16(4)29)18-13-25-27(14-18)10-9-24-5/h6-8,11,13-15,19,21,24H,1,9-10,12H2,2-5H3,(H,26,30)/t19-,21+/m0/s1. The zero-order chi connectivity index (χ0) is 22.5. The van der Waals surface area contributed by atoms with Crippen LogP contribution in [0.15, 0.2) is 43.2 Å². The minimum Gasteiger partial charge on any atom is -0.447 e. The first-order valence-corrected chi connectivity index (χ1v) is 10.5. The van der Waals surface area contributed by atoms with Gasteiger partial charge in [0.2, 0.25) is 5.91 Å². The van der Waals surface area contributed by atoms with E-state index in [1.165, 1.54) is 0 Å². The van der Waals surface area contributed by atoms with Gasteiger partial charge >= 0.3 is 6.09 Å². The molecule has 8 heteroatoms. The molecule has 3 rings (SSSR count). The van der Waals surface area contributed by atoms with Crippen LogP contribution in [0.1, 0.15) is 38.8 Å². The fourth-order valence-corrected chi connectivity index (χ4v) is 3.88. The second-order valence-electron chi connectivity index (χ2n) is 7.95. The van der Waals surface area contributed by atoms with Crippen molar-refractivity contribution in [2.75, 3.05) is 18.5 Å². The molecule has 0 bridgehead atoms. The zero-order valence-electron chi connectivity index (χ0n) is 18.6. The van der Waals surface area contributed by atoms with Gasteiger partial charge in [-0.2, -0.15) is 5.10 Å². The lowest BCUT2D eigenvalue weighted by Crippen LogP contribution is -2.46. The molecule has 2 aromatic rings. The van der Waals surface area contributed by atoms with Crippen LogP contribution in [-0.4, -0.2) is 47.5 Å². The maximum atomic E-state index is 12.4. The number of benzene rings is 1. The predicted octanol–water partition coefficient (Wildman–Crippen LogP) is 3.26. The molecular weight excluding hydrogens is 394 g/mol. The van der Waals surface area contributed by atoms with E-state index in [9.17, 15) is 9.59 Å². The summed E-state index contributed by atoms with van der Waals surface area (Å²) in [6.45, 7) is 10.6. The van der Waals surface area contributed by atoms with Gasteiger partial charge in [-0.3, -0.25) is 9.48 Å². The number of anilines is 1. The van der Waals surface area contributed by atoms with E-state index >= 15 is 0 Å². The summed E-state index contributed by atoms with van der Waals surface area (Å²) in [7, 11) is 1.91. The molecule has 1 aromatic carbocycles. The molecule has 0 aliphatic carbocycles. The van der Waals surface area contributed by atoms with Crippen molar-refractivity contribution >= 4 is 17.7 Å². The Hall–Kier alpha value is -3.13. The number of nitrogens with zero attached hydrogens (tertiary/aromatic N) is 3. The SMILES string of the molecule is C=C[C@H]1C[C@@H](NC(=O)OC(C)C)c2cc(-c3cnn(CCNC)c3)ccc2N1C(C)=O. The maximum absolute atomic E-state index is 12.4. The summed E-state index contributed by atoms with van der Waals surface area (Å²) < 4.78 is 7.18. The lowest BCUT2D eigenvalue weighted by atomic mass is 9.89. The first kappa shape index (κ1) is 22.6. The third-order valence-electron chi connectivity index (χ3n) is 5.27. The van der Waals surface area contributed by atoms with Crippen LogP contribution in [0, 0.1) is 0 Å². The number of hydrogen-bond donors (Lipinski definition) is 2. The van der Waals surface area contributed by atoms with Crippen molar-refractivity contribution < 1.29 is 14.3 Å². The van der Waals surface area contributed by atoms with Crippen LogP contribution in [0.3, 0.4) is 0 Å². The number of ether oxygens (including phenoxy) is 1. The molecule has 166 valence electrons. The Kier molecular flexibility index (Phi) is 7.12. The van der Waals surface area contributed by atoms with Gasteiger partial charge in [0, 0.05) is 30.9 Å². The van der Waals surface area contributed by atoms with E-state index in [1.807, 2.05) is 56.2 Å². The molecule has 31 heavy (non-hydrogen) atoms. The van der Waals surface area contributed by atoms with Gasteiger partial charge in [0.15, 0.2) is 0 Å². The fraction of sp³-hybridized carbons (Fsp3) is 0.435. The van der Waals surface area contributed by atoms with E-state index in [0.29, 0.717) is 6.42 Å². The summed E-state index contributed by atoms with van der Waals surface area (Å²) >= 11 is 0. The topological polar surface area (TPSA) is 88.5 Å². The number of likely N-dealkylation sites (N-methyl/N-ethyl adjacent to an activating group) is 1. The number of carbonyl (C=O) groups excluding carboxylic acids is 2. The molecule has 2 heterocycles. The first-order valence-electron chi connectivity index (χ1n) is 10.5. The van der Waals surface area contributed by atoms with Gasteiger partial charge in [0.1, 0.15) is 0 Å². The predicted molar refractivity (Wildman–Crippen MR) is 121 cm³/mol. The smallest absolute Gasteiger partial charge is 0.407 e. The Balaban J connectivity index is 1.98. The van der Waals surface area contributed by atoms with E-state index < -0.39 is 6.09 Å². The lowest BCUT2D eigenvalue weighted by Gasteiger charge is -2.39. The molecule has 0 saturated carbocycles. The van der Waals surface area contributed by atoms with Crippen LogP contribution in [0.5, 0.6) is 0 Å². The molecule has 0 fully saturated rings. The van der Waals surface area contributed by atoms with E-state index in [2.05, 4.69) is 22.3 Å². The monoisotopic (exact) mass is 425 g/mol. The number of rotatable bonds is 7. The third-order valence-corrected chi connectivity index (χ3v) is 5.27. The number of alkyl carbamates (subject to hydrolysis) is 1. The van der Waals surface area contributed by atoms with E-state index in [-0.39, 0.29) is 24.1 Å². The molecule has 8 nitrogen and oxygen atoms in total. The zero-order valence-corrected chi connectivity index (χ0v) is 18.6. The summed E-state index contributed by atoms with van der Waals surface area (Å²) in [5.74, 6) is -0.0676. The molecule has 0 spiro atoms. The number of hydrogen-bond acceptors (Lipinski definition) is 5. The maximum Gasteiger partial charge on any atom is 0.407 e. The van der Waals surface area contributed by atoms with Gasteiger partial charge in [-0.15, -0.1) is 6.58 Å². The second kappa shape index (κ2) is 9.78. The third kappa shape index (κ3) is 5.14. The number of nitrogens with one attached hydrogen (secondary N) is 2. The minimum absolute atomic E-state index is 0.0676. The second-order valence-corrected chi connectivity index (χ2v) is 7.95. The highest BCUT2D eigenvalue weighted by Gasteiger charge is 2.34. The number of amides is 2. The van der Waals surface area contributed by atoms with Crippen LogP contribution in [0.25, 0.3) is 11.1 Å². The molecule has 0 saturated heterocycles. The average molecular weight is 426 g/mol. The summed E-state index contributed by atoms with van der Waals surface area (Å²) in [4.78, 5) is 26.5. The van der Waals surface area contributed by atoms with Crippen molar-refractivity contribution in [3.8, 4) is 11.1 Å². The van der Waals surface area contributed by atoms with Crippen LogP contribution < -0.4 is 15.5 Å². The highest BCUT2D eigenvalue weighted by molar-refractivity contribution is 5.94. The quantitative estimate of drug-likeness (QED) is 0.665. The van der Waals surface area contributed by atoms with Crippen LogP contribution in [-0.2, 0) is 16.1 Å². The molecule has 0 radical (unpaired) electrons. The molecule has 2 N–H and O–H groups in total. The lowest BCUT2D eigenvalue weighted by molar-refractivity contribution is -0.117. The largest absolute Gasteiger partial charge is 0.447 e. The van der Waals surface area contributed by atoms with Crippen LogP contribution in [0.2, 0.25) is 0 Å². The van der Waals surface area contributed by atoms with Gasteiger partial charge in [-0.25, -0.2) is 4.79 Å². The van der Waals surface area contributed by atoms with Crippen molar-refractivity contribution in [1.29, 1.82) is 0 Å². The summed E-state index contributed by atoms with van der Waals surface area (Å²) in [5, 5.41) is 10.5. The summed E-state index contributed by atoms with van der Waals surface area (Å²) in [6, 6.07) is 5.39. The Labute approximate surface area is 183 Å². The highest BCUT2D eigenvalue weighted by Crippen LogP contribution is 2.40. The van der Waals surface area contributed by atoms with E-state index in [4.69, 9.17) is 4.74 Å². The van der Waals surface area contributed by atoms with E-state index in [1.54, 1.807) is 17.9 Å². The Morgan fingerprint density at radius 1 is 1.35 bits per heavy atom. The van der Waals surface area contributed by atoms with Crippen molar-refractivity contribution in [2.45, 2.75) is 51.9 Å². The van der Waals surface area contributed by atoms with Crippen LogP contribution in [0.4, 0.5) is 10.5 Å². The van der Waals surface area contributed by atoms with Crippen LogP contribution >= 0.6 is 0 Å². The summed E-state index contributed by atoms with van der Waals surface area (Å²) in [6.07, 6.45) is 5.38.